The Morgan fingerprint density at radius 3 is 2.25 bits per heavy atom. The number of aliphatic hydroxyl groups excluding tert-OH is 1. The van der Waals surface area contributed by atoms with E-state index in [1.165, 1.54) is 11.8 Å². The molecule has 1 saturated heterocycles. The normalized spacial score (nSPS) is 18.1. The van der Waals surface area contributed by atoms with E-state index in [2.05, 4.69) is 4.98 Å². The first-order chi connectivity index (χ1) is 17.4. The zero-order valence-corrected chi connectivity index (χ0v) is 21.2. The predicted molar refractivity (Wildman–Crippen MR) is 145 cm³/mol. The Morgan fingerprint density at radius 2 is 1.61 bits per heavy atom. The number of benzene rings is 3. The van der Waals surface area contributed by atoms with E-state index in [0.717, 1.165) is 33.6 Å². The van der Waals surface area contributed by atoms with E-state index < -0.39 is 6.10 Å². The number of phenols is 1. The quantitative estimate of drug-likeness (QED) is 0.280. The number of phenolic OH excluding ortho intramolecular Hbond substituents is 1. The highest BCUT2D eigenvalue weighted by atomic mass is 35.5. The third-order valence-corrected chi connectivity index (χ3v) is 7.94. The number of β-lactam (4-membered cyclic amide) rings is 1. The Kier molecular flexibility index (Phi) is 7.01. The molecule has 3 aromatic carbocycles. The summed E-state index contributed by atoms with van der Waals surface area (Å²) in [5.41, 5.74) is 5.50. The van der Waals surface area contributed by atoms with Gasteiger partial charge in [0.1, 0.15) is 11.0 Å². The molecule has 36 heavy (non-hydrogen) atoms. The molecule has 182 valence electrons. The minimum atomic E-state index is -0.711. The van der Waals surface area contributed by atoms with Crippen molar-refractivity contribution in [2.75, 3.05) is 10.7 Å². The number of carbonyl (C=O) groups is 1. The van der Waals surface area contributed by atoms with Crippen molar-refractivity contribution in [1.82, 2.24) is 4.98 Å². The minimum absolute atomic E-state index is 0.00821. The molecule has 1 aromatic heterocycles. The van der Waals surface area contributed by atoms with E-state index in [0.29, 0.717) is 10.8 Å². The number of hydrogen-bond acceptors (Lipinski definition) is 5. The van der Waals surface area contributed by atoms with Crippen LogP contribution in [0.2, 0.25) is 5.02 Å². The summed E-state index contributed by atoms with van der Waals surface area (Å²) in [7, 11) is 0. The Morgan fingerprint density at radius 1 is 0.944 bits per heavy atom. The monoisotopic (exact) mass is 516 g/mol. The van der Waals surface area contributed by atoms with Gasteiger partial charge in [0.15, 0.2) is 0 Å². The predicted octanol–water partition coefficient (Wildman–Crippen LogP) is 6.34. The zero-order valence-electron chi connectivity index (χ0n) is 19.6. The molecule has 0 saturated carbocycles. The fraction of sp³-hybridized carbons (Fsp3) is 0.172. The van der Waals surface area contributed by atoms with E-state index in [9.17, 15) is 15.0 Å². The number of anilines is 1. The van der Waals surface area contributed by atoms with Gasteiger partial charge < -0.3 is 15.1 Å². The lowest BCUT2D eigenvalue weighted by Gasteiger charge is -2.47. The summed E-state index contributed by atoms with van der Waals surface area (Å²) in [6.07, 6.45) is 1.13. The summed E-state index contributed by atoms with van der Waals surface area (Å²) in [5, 5.41) is 20.7. The molecule has 5 nitrogen and oxygen atoms in total. The van der Waals surface area contributed by atoms with Crippen LogP contribution in [0.1, 0.15) is 29.0 Å². The van der Waals surface area contributed by atoms with E-state index >= 15 is 0 Å². The number of halogens is 1. The Hall–Kier alpha value is -3.32. The van der Waals surface area contributed by atoms with Gasteiger partial charge in [0.25, 0.3) is 0 Å². The van der Waals surface area contributed by atoms with Crippen LogP contribution in [0.25, 0.3) is 11.1 Å². The number of carbonyl (C=O) groups excluding carboxylic acids is 1. The number of aromatic nitrogens is 1. The minimum Gasteiger partial charge on any atom is -0.508 e. The van der Waals surface area contributed by atoms with Crippen molar-refractivity contribution in [3.8, 4) is 16.9 Å². The zero-order chi connectivity index (χ0) is 25.2. The second-order valence-electron chi connectivity index (χ2n) is 8.80. The highest BCUT2D eigenvalue weighted by Gasteiger charge is 2.49. The van der Waals surface area contributed by atoms with Gasteiger partial charge in [-0.05, 0) is 66.1 Å². The van der Waals surface area contributed by atoms with Crippen LogP contribution in [0, 0.1) is 6.92 Å². The molecule has 4 aromatic rings. The Balaban J connectivity index is 1.37. The van der Waals surface area contributed by atoms with Gasteiger partial charge in [-0.2, -0.15) is 0 Å². The van der Waals surface area contributed by atoms with Crippen LogP contribution < -0.4 is 4.90 Å². The highest BCUT2D eigenvalue weighted by Crippen LogP contribution is 2.46. The number of pyridine rings is 1. The molecule has 0 aliphatic carbocycles. The SMILES string of the molecule is Cc1ccc(-c2ccc(N3C(=O)[C@H](SC[C@@H](O)c4ccc(Cl)cc4)[C@H]3c3ccc(O)cc3)cc2)cn1. The molecule has 2 heterocycles. The van der Waals surface area contributed by atoms with Gasteiger partial charge in [-0.3, -0.25) is 9.78 Å². The molecule has 0 bridgehead atoms. The summed E-state index contributed by atoms with van der Waals surface area (Å²) in [5.74, 6) is 0.542. The van der Waals surface area contributed by atoms with Gasteiger partial charge in [0, 0.05) is 33.9 Å². The third kappa shape index (κ3) is 4.98. The van der Waals surface area contributed by atoms with Crippen molar-refractivity contribution in [3.63, 3.8) is 0 Å². The number of aromatic hydroxyl groups is 1. The summed E-state index contributed by atoms with van der Waals surface area (Å²) in [6.45, 7) is 1.95. The first kappa shape index (κ1) is 24.4. The van der Waals surface area contributed by atoms with Crippen molar-refractivity contribution in [3.05, 3.63) is 113 Å². The van der Waals surface area contributed by atoms with E-state index in [4.69, 9.17) is 11.6 Å². The molecule has 1 fully saturated rings. The molecule has 1 amide bonds. The lowest BCUT2D eigenvalue weighted by Crippen LogP contribution is -2.57. The first-order valence-electron chi connectivity index (χ1n) is 11.6. The molecule has 2 N–H and O–H groups in total. The van der Waals surface area contributed by atoms with Crippen molar-refractivity contribution < 1.29 is 15.0 Å². The average molecular weight is 517 g/mol. The maximum atomic E-state index is 13.3. The van der Waals surface area contributed by atoms with Crippen LogP contribution >= 0.6 is 23.4 Å². The molecule has 0 unspecified atom stereocenters. The molecule has 1 aliphatic heterocycles. The number of amides is 1. The molecule has 1 aliphatic rings. The van der Waals surface area contributed by atoms with Gasteiger partial charge in [-0.25, -0.2) is 0 Å². The van der Waals surface area contributed by atoms with Crippen LogP contribution in [0.3, 0.4) is 0 Å². The van der Waals surface area contributed by atoms with E-state index in [1.807, 2.05) is 61.7 Å². The van der Waals surface area contributed by atoms with Gasteiger partial charge >= 0.3 is 0 Å². The lowest BCUT2D eigenvalue weighted by atomic mass is 9.92. The number of thioether (sulfide) groups is 1. The fourth-order valence-corrected chi connectivity index (χ4v) is 5.76. The van der Waals surface area contributed by atoms with E-state index in [-0.39, 0.29) is 22.9 Å². The van der Waals surface area contributed by atoms with E-state index in [1.54, 1.807) is 41.3 Å². The Labute approximate surface area is 219 Å². The standard InChI is InChI=1S/C29H25ClN2O3S/c1-18-2-3-22(16-31-18)19-6-12-24(13-7-19)32-27(21-8-14-25(33)15-9-21)28(29(32)35)36-17-26(34)20-4-10-23(30)11-5-20/h2-16,26-28,33-34H,17H2,1H3/t26-,27-,28-/m1/s1. The molecule has 0 spiro atoms. The van der Waals surface area contributed by atoms with Crippen LogP contribution in [0.4, 0.5) is 5.69 Å². The van der Waals surface area contributed by atoms with Gasteiger partial charge in [0.05, 0.1) is 12.1 Å². The Bertz CT molecular complexity index is 1340. The smallest absolute Gasteiger partial charge is 0.243 e. The summed E-state index contributed by atoms with van der Waals surface area (Å²) in [6, 6.07) is 25.7. The van der Waals surface area contributed by atoms with Gasteiger partial charge in [-0.1, -0.05) is 54.1 Å². The maximum Gasteiger partial charge on any atom is 0.243 e. The largest absolute Gasteiger partial charge is 0.508 e. The van der Waals surface area contributed by atoms with Crippen LogP contribution in [-0.4, -0.2) is 32.1 Å². The number of aryl methyl sites for hydroxylation is 1. The van der Waals surface area contributed by atoms with Crippen LogP contribution in [0.5, 0.6) is 5.75 Å². The van der Waals surface area contributed by atoms with Crippen molar-refractivity contribution >= 4 is 35.0 Å². The topological polar surface area (TPSA) is 73.7 Å². The summed E-state index contributed by atoms with van der Waals surface area (Å²) >= 11 is 7.40. The molecule has 3 atom stereocenters. The number of aliphatic hydroxyl groups is 1. The average Bonchev–Trinajstić information content (AvgIpc) is 2.89. The molecule has 0 radical (unpaired) electrons. The molecular formula is C29H25ClN2O3S. The van der Waals surface area contributed by atoms with Crippen molar-refractivity contribution in [2.24, 2.45) is 0 Å². The molecule has 7 heteroatoms. The third-order valence-electron chi connectivity index (χ3n) is 6.36. The highest BCUT2D eigenvalue weighted by molar-refractivity contribution is 8.00. The van der Waals surface area contributed by atoms with Crippen molar-refractivity contribution in [2.45, 2.75) is 24.3 Å². The van der Waals surface area contributed by atoms with Crippen molar-refractivity contribution in [1.29, 1.82) is 0 Å². The fourth-order valence-electron chi connectivity index (χ4n) is 4.34. The number of nitrogens with zero attached hydrogens (tertiary/aromatic N) is 2. The molecule has 5 rings (SSSR count). The van der Waals surface area contributed by atoms with Crippen LogP contribution in [-0.2, 0) is 4.79 Å². The maximum absolute atomic E-state index is 13.3. The second kappa shape index (κ2) is 10.3. The number of hydrogen-bond donors (Lipinski definition) is 2. The summed E-state index contributed by atoms with van der Waals surface area (Å²) in [4.78, 5) is 19.5. The molecular weight excluding hydrogens is 492 g/mol. The van der Waals surface area contributed by atoms with Crippen LogP contribution in [0.15, 0.2) is 91.1 Å². The second-order valence-corrected chi connectivity index (χ2v) is 10.4. The van der Waals surface area contributed by atoms with Gasteiger partial charge in [0.2, 0.25) is 5.91 Å². The number of rotatable bonds is 7. The lowest BCUT2D eigenvalue weighted by molar-refractivity contribution is -0.123. The van der Waals surface area contributed by atoms with Gasteiger partial charge in [-0.15, -0.1) is 11.8 Å². The summed E-state index contributed by atoms with van der Waals surface area (Å²) < 4.78 is 0. The first-order valence-corrected chi connectivity index (χ1v) is 13.0.